The maximum absolute atomic E-state index is 13.6. The molecule has 1 aromatic heterocycles. The van der Waals surface area contributed by atoms with Crippen LogP contribution in [0.4, 0.5) is 8.78 Å². The van der Waals surface area contributed by atoms with Gasteiger partial charge in [-0.25, -0.2) is 13.6 Å². The van der Waals surface area contributed by atoms with Crippen molar-refractivity contribution in [3.05, 3.63) is 76.1 Å². The average molecular weight is 421 g/mol. The van der Waals surface area contributed by atoms with Gasteiger partial charge in [-0.15, -0.1) is 0 Å². The van der Waals surface area contributed by atoms with Crippen LogP contribution in [-0.4, -0.2) is 16.1 Å². The van der Waals surface area contributed by atoms with Crippen LogP contribution in [0.2, 0.25) is 0 Å². The van der Waals surface area contributed by atoms with E-state index < -0.39 is 11.8 Å². The van der Waals surface area contributed by atoms with Crippen molar-refractivity contribution >= 4 is 28.0 Å². The average Bonchev–Trinajstić information content (AvgIpc) is 3.10. The summed E-state index contributed by atoms with van der Waals surface area (Å²) in [6.07, 6.45) is 2.41. The third kappa shape index (κ3) is 4.60. The van der Waals surface area contributed by atoms with Crippen LogP contribution in [0.3, 0.4) is 0 Å². The number of benzene rings is 2. The first kappa shape index (κ1) is 17.9. The zero-order valence-electron chi connectivity index (χ0n) is 13.2. The largest absolute Gasteiger partial charge is 0.452 e. The topological polar surface area (TPSA) is 65.2 Å². The zero-order chi connectivity index (χ0) is 18.5. The summed E-state index contributed by atoms with van der Waals surface area (Å²) in [4.78, 5) is 15.8. The minimum absolute atomic E-state index is 0.0831. The molecule has 3 aromatic rings. The quantitative estimate of drug-likeness (QED) is 0.447. The van der Waals surface area contributed by atoms with E-state index in [9.17, 15) is 13.6 Å². The minimum atomic E-state index is -0.689. The van der Waals surface area contributed by atoms with Crippen LogP contribution in [-0.2, 0) is 16.1 Å². The molecular weight excluding hydrogens is 410 g/mol. The Morgan fingerprint density at radius 3 is 2.73 bits per heavy atom. The molecule has 0 fully saturated rings. The Labute approximate surface area is 155 Å². The molecule has 0 atom stereocenters. The molecule has 0 aliphatic heterocycles. The van der Waals surface area contributed by atoms with E-state index in [4.69, 9.17) is 9.26 Å². The summed E-state index contributed by atoms with van der Waals surface area (Å²) in [7, 11) is 0. The van der Waals surface area contributed by atoms with Gasteiger partial charge < -0.3 is 9.26 Å². The van der Waals surface area contributed by atoms with E-state index in [1.807, 2.05) is 0 Å². The highest BCUT2D eigenvalue weighted by molar-refractivity contribution is 9.10. The van der Waals surface area contributed by atoms with E-state index in [0.29, 0.717) is 10.0 Å². The van der Waals surface area contributed by atoms with Crippen LogP contribution in [0, 0.1) is 11.6 Å². The molecule has 0 radical (unpaired) electrons. The highest BCUT2D eigenvalue weighted by atomic mass is 79.9. The van der Waals surface area contributed by atoms with Gasteiger partial charge in [0.15, 0.2) is 6.61 Å². The first-order valence-electron chi connectivity index (χ1n) is 7.40. The van der Waals surface area contributed by atoms with Crippen molar-refractivity contribution in [2.45, 2.75) is 6.61 Å². The van der Waals surface area contributed by atoms with Gasteiger partial charge in [0, 0.05) is 21.7 Å². The minimum Gasteiger partial charge on any atom is -0.452 e. The van der Waals surface area contributed by atoms with Crippen molar-refractivity contribution in [3.8, 4) is 11.4 Å². The van der Waals surface area contributed by atoms with Gasteiger partial charge in [0.2, 0.25) is 5.82 Å². The lowest BCUT2D eigenvalue weighted by Gasteiger charge is -1.99. The third-order valence-electron chi connectivity index (χ3n) is 3.27. The molecule has 5 nitrogen and oxygen atoms in total. The second kappa shape index (κ2) is 8.01. The predicted octanol–water partition coefficient (Wildman–Crippen LogP) is 4.53. The Morgan fingerprint density at radius 2 is 1.96 bits per heavy atom. The number of hydrogen-bond acceptors (Lipinski definition) is 5. The van der Waals surface area contributed by atoms with Gasteiger partial charge in [0.25, 0.3) is 5.89 Å². The molecule has 132 valence electrons. The molecule has 2 aromatic carbocycles. The fraction of sp³-hybridized carbons (Fsp3) is 0.0556. The van der Waals surface area contributed by atoms with Gasteiger partial charge in [-0.1, -0.05) is 21.1 Å². The van der Waals surface area contributed by atoms with E-state index in [0.717, 1.165) is 6.08 Å². The van der Waals surface area contributed by atoms with Gasteiger partial charge in [-0.3, -0.25) is 0 Å². The molecule has 0 saturated carbocycles. The van der Waals surface area contributed by atoms with Crippen LogP contribution >= 0.6 is 15.9 Å². The molecule has 1 heterocycles. The molecule has 0 unspecified atom stereocenters. The van der Waals surface area contributed by atoms with Gasteiger partial charge in [0.1, 0.15) is 11.6 Å². The summed E-state index contributed by atoms with van der Waals surface area (Å²) >= 11 is 3.22. The molecule has 0 N–H and O–H groups in total. The monoisotopic (exact) mass is 420 g/mol. The lowest BCUT2D eigenvalue weighted by molar-refractivity contribution is -0.139. The summed E-state index contributed by atoms with van der Waals surface area (Å²) in [5.74, 6) is -1.19. The van der Waals surface area contributed by atoms with E-state index in [-0.39, 0.29) is 29.7 Å². The fourth-order valence-corrected chi connectivity index (χ4v) is 2.39. The van der Waals surface area contributed by atoms with Crippen molar-refractivity contribution in [3.63, 3.8) is 0 Å². The van der Waals surface area contributed by atoms with E-state index in [2.05, 4.69) is 26.1 Å². The predicted molar refractivity (Wildman–Crippen MR) is 92.6 cm³/mol. The summed E-state index contributed by atoms with van der Waals surface area (Å²) in [5.41, 5.74) is 0.811. The number of carbonyl (C=O) groups is 1. The number of hydrogen-bond donors (Lipinski definition) is 0. The first-order valence-corrected chi connectivity index (χ1v) is 8.19. The first-order chi connectivity index (χ1) is 12.5. The van der Waals surface area contributed by atoms with E-state index >= 15 is 0 Å². The summed E-state index contributed by atoms with van der Waals surface area (Å²) in [6.45, 7) is -0.238. The number of halogens is 3. The zero-order valence-corrected chi connectivity index (χ0v) is 14.7. The Morgan fingerprint density at radius 1 is 1.19 bits per heavy atom. The molecule has 0 aliphatic carbocycles. The number of aromatic nitrogens is 2. The van der Waals surface area contributed by atoms with Crippen LogP contribution in [0.25, 0.3) is 17.5 Å². The second-order valence-electron chi connectivity index (χ2n) is 5.13. The molecule has 0 saturated heterocycles. The number of carbonyl (C=O) groups excluding carboxylic acids is 1. The number of ether oxygens (including phenoxy) is 1. The van der Waals surface area contributed by atoms with Crippen molar-refractivity contribution in [1.29, 1.82) is 0 Å². The van der Waals surface area contributed by atoms with Crippen molar-refractivity contribution < 1.29 is 22.8 Å². The third-order valence-corrected chi connectivity index (χ3v) is 3.76. The van der Waals surface area contributed by atoms with Crippen LogP contribution in [0.1, 0.15) is 11.5 Å². The fourth-order valence-electron chi connectivity index (χ4n) is 2.01. The summed E-state index contributed by atoms with van der Waals surface area (Å²) in [6, 6.07) is 9.93. The molecule has 0 spiro atoms. The summed E-state index contributed by atoms with van der Waals surface area (Å²) < 4.78 is 37.1. The second-order valence-corrected chi connectivity index (χ2v) is 6.04. The lowest BCUT2D eigenvalue weighted by atomic mass is 10.2. The molecular formula is C18H11BrF2N2O3. The summed E-state index contributed by atoms with van der Waals surface area (Å²) in [5, 5.41) is 3.74. The van der Waals surface area contributed by atoms with Crippen molar-refractivity contribution in [1.82, 2.24) is 10.1 Å². The van der Waals surface area contributed by atoms with Crippen molar-refractivity contribution in [2.24, 2.45) is 0 Å². The molecule has 26 heavy (non-hydrogen) atoms. The lowest BCUT2D eigenvalue weighted by Crippen LogP contribution is -2.01. The maximum atomic E-state index is 13.6. The molecule has 0 amide bonds. The number of rotatable bonds is 5. The highest BCUT2D eigenvalue weighted by Gasteiger charge is 2.10. The smallest absolute Gasteiger partial charge is 0.331 e. The Bertz CT molecular complexity index is 955. The van der Waals surface area contributed by atoms with Crippen LogP contribution in [0.15, 0.2) is 57.5 Å². The number of nitrogens with zero attached hydrogens (tertiary/aromatic N) is 2. The SMILES string of the molecule is O=C(/C=C/c1cc(Br)ccc1F)OCc1nc(-c2ccc(F)cc2)no1. The van der Waals surface area contributed by atoms with Crippen LogP contribution < -0.4 is 0 Å². The Kier molecular flexibility index (Phi) is 5.52. The number of esters is 1. The van der Waals surface area contributed by atoms with E-state index in [1.54, 1.807) is 6.07 Å². The van der Waals surface area contributed by atoms with Gasteiger partial charge in [-0.05, 0) is 48.5 Å². The Balaban J connectivity index is 1.59. The molecule has 3 rings (SSSR count). The maximum Gasteiger partial charge on any atom is 0.331 e. The Hall–Kier alpha value is -2.87. The highest BCUT2D eigenvalue weighted by Crippen LogP contribution is 2.18. The molecule has 0 bridgehead atoms. The van der Waals surface area contributed by atoms with Gasteiger partial charge in [-0.2, -0.15) is 4.98 Å². The van der Waals surface area contributed by atoms with Gasteiger partial charge in [0.05, 0.1) is 0 Å². The molecule has 0 aliphatic rings. The standard InChI is InChI=1S/C18H11BrF2N2O3/c19-13-4-7-15(21)12(9-13)3-8-17(24)25-10-16-22-18(23-26-16)11-1-5-14(20)6-2-11/h1-9H,10H2/b8-3+. The van der Waals surface area contributed by atoms with Crippen molar-refractivity contribution in [2.75, 3.05) is 0 Å². The van der Waals surface area contributed by atoms with E-state index in [1.165, 1.54) is 42.5 Å². The van der Waals surface area contributed by atoms with Crippen LogP contribution in [0.5, 0.6) is 0 Å². The normalized spacial score (nSPS) is 11.0. The van der Waals surface area contributed by atoms with Gasteiger partial charge >= 0.3 is 5.97 Å². The molecule has 8 heteroatoms.